The third-order valence-electron chi connectivity index (χ3n) is 3.50. The van der Waals surface area contributed by atoms with Crippen LogP contribution in [0.15, 0.2) is 48.9 Å². The Morgan fingerprint density at radius 3 is 2.83 bits per heavy atom. The van der Waals surface area contributed by atoms with Gasteiger partial charge in [0.15, 0.2) is 0 Å². The quantitative estimate of drug-likeness (QED) is 0.772. The smallest absolute Gasteiger partial charge is 0.251 e. The van der Waals surface area contributed by atoms with E-state index >= 15 is 0 Å². The summed E-state index contributed by atoms with van der Waals surface area (Å²) in [5.41, 5.74) is 8.26. The zero-order chi connectivity index (χ0) is 17.1. The van der Waals surface area contributed by atoms with Crippen LogP contribution in [-0.2, 0) is 6.54 Å². The Hall–Kier alpha value is -2.86. The predicted octanol–water partition coefficient (Wildman–Crippen LogP) is 2.75. The van der Waals surface area contributed by atoms with E-state index in [1.807, 2.05) is 30.3 Å². The Bertz CT molecular complexity index is 892. The van der Waals surface area contributed by atoms with Gasteiger partial charge in [0.05, 0.1) is 25.4 Å². The topological polar surface area (TPSA) is 83.0 Å². The molecule has 0 unspecified atom stereocenters. The summed E-state index contributed by atoms with van der Waals surface area (Å²) in [4.78, 5) is 15.5. The third kappa shape index (κ3) is 3.38. The normalized spacial score (nSPS) is 10.6. The molecule has 0 aliphatic rings. The van der Waals surface area contributed by atoms with Crippen LogP contribution in [0.4, 0.5) is 0 Å². The standard InChI is InChI=1S/C17H15ClN4O2/c1-24-17-15(12-3-2-4-14(18)6-12)5-11(7-20-17)9-22-10-13(8-21-22)16(19)23/h2-8,10H,9H2,1H3,(H2,19,23). The fourth-order valence-electron chi connectivity index (χ4n) is 2.37. The number of aromatic nitrogens is 3. The monoisotopic (exact) mass is 342 g/mol. The number of rotatable bonds is 5. The highest BCUT2D eigenvalue weighted by atomic mass is 35.5. The molecule has 122 valence electrons. The van der Waals surface area contributed by atoms with E-state index in [4.69, 9.17) is 22.1 Å². The summed E-state index contributed by atoms with van der Waals surface area (Å²) in [6.07, 6.45) is 4.75. The van der Waals surface area contributed by atoms with Gasteiger partial charge in [-0.1, -0.05) is 23.7 Å². The molecule has 0 radical (unpaired) electrons. The van der Waals surface area contributed by atoms with Crippen molar-refractivity contribution in [2.45, 2.75) is 6.54 Å². The number of benzene rings is 1. The van der Waals surface area contributed by atoms with Gasteiger partial charge in [-0.2, -0.15) is 5.10 Å². The molecule has 0 spiro atoms. The van der Waals surface area contributed by atoms with Gasteiger partial charge in [0.1, 0.15) is 0 Å². The molecule has 2 heterocycles. The lowest BCUT2D eigenvalue weighted by Gasteiger charge is -2.10. The van der Waals surface area contributed by atoms with Crippen molar-refractivity contribution in [1.29, 1.82) is 0 Å². The third-order valence-corrected chi connectivity index (χ3v) is 3.73. The zero-order valence-electron chi connectivity index (χ0n) is 12.9. The van der Waals surface area contributed by atoms with E-state index in [1.54, 1.807) is 24.2 Å². The van der Waals surface area contributed by atoms with Crippen molar-refractivity contribution < 1.29 is 9.53 Å². The Morgan fingerprint density at radius 2 is 2.17 bits per heavy atom. The van der Waals surface area contributed by atoms with Crippen molar-refractivity contribution in [3.63, 3.8) is 0 Å². The van der Waals surface area contributed by atoms with E-state index in [-0.39, 0.29) is 0 Å². The molecule has 0 fully saturated rings. The van der Waals surface area contributed by atoms with Gasteiger partial charge in [-0.05, 0) is 29.3 Å². The second kappa shape index (κ2) is 6.72. The molecule has 1 aromatic carbocycles. The first kappa shape index (κ1) is 16.0. The van der Waals surface area contributed by atoms with Crippen LogP contribution < -0.4 is 10.5 Å². The molecule has 2 N–H and O–H groups in total. The van der Waals surface area contributed by atoms with Gasteiger partial charge in [0, 0.05) is 23.0 Å². The number of halogens is 1. The molecule has 2 aromatic heterocycles. The average molecular weight is 343 g/mol. The minimum atomic E-state index is -0.506. The van der Waals surface area contributed by atoms with Crippen LogP contribution in [0.2, 0.25) is 5.02 Å². The second-order valence-corrected chi connectivity index (χ2v) is 5.64. The minimum absolute atomic E-state index is 0.367. The van der Waals surface area contributed by atoms with Gasteiger partial charge in [-0.15, -0.1) is 0 Å². The number of hydrogen-bond acceptors (Lipinski definition) is 4. The number of nitrogens with zero attached hydrogens (tertiary/aromatic N) is 3. The molecule has 7 heteroatoms. The van der Waals surface area contributed by atoms with Crippen LogP contribution in [0.3, 0.4) is 0 Å². The molecule has 0 atom stereocenters. The summed E-state index contributed by atoms with van der Waals surface area (Å²) in [7, 11) is 1.57. The van der Waals surface area contributed by atoms with Crippen molar-refractivity contribution in [3.8, 4) is 17.0 Å². The van der Waals surface area contributed by atoms with Gasteiger partial charge >= 0.3 is 0 Å². The van der Waals surface area contributed by atoms with Gasteiger partial charge in [-0.3, -0.25) is 9.48 Å². The Labute approximate surface area is 143 Å². The van der Waals surface area contributed by atoms with E-state index in [0.717, 1.165) is 16.7 Å². The highest BCUT2D eigenvalue weighted by Gasteiger charge is 2.11. The van der Waals surface area contributed by atoms with Gasteiger partial charge in [-0.25, -0.2) is 4.98 Å². The van der Waals surface area contributed by atoms with Crippen molar-refractivity contribution >= 4 is 17.5 Å². The van der Waals surface area contributed by atoms with Crippen LogP contribution in [0.5, 0.6) is 5.88 Å². The fraction of sp³-hybridized carbons (Fsp3) is 0.118. The number of hydrogen-bond donors (Lipinski definition) is 1. The van der Waals surface area contributed by atoms with Crippen LogP contribution in [-0.4, -0.2) is 27.8 Å². The number of carbonyl (C=O) groups excluding carboxylic acids is 1. The lowest BCUT2D eigenvalue weighted by atomic mass is 10.1. The summed E-state index contributed by atoms with van der Waals surface area (Å²) in [5, 5.41) is 4.76. The summed E-state index contributed by atoms with van der Waals surface area (Å²) >= 11 is 6.07. The fourth-order valence-corrected chi connectivity index (χ4v) is 2.56. The number of carbonyl (C=O) groups is 1. The average Bonchev–Trinajstić information content (AvgIpc) is 3.03. The Kier molecular flexibility index (Phi) is 4.48. The highest BCUT2D eigenvalue weighted by molar-refractivity contribution is 6.30. The first-order valence-electron chi connectivity index (χ1n) is 7.18. The predicted molar refractivity (Wildman–Crippen MR) is 91.1 cm³/mol. The largest absolute Gasteiger partial charge is 0.481 e. The second-order valence-electron chi connectivity index (χ2n) is 5.20. The maximum absolute atomic E-state index is 11.1. The number of primary amides is 1. The van der Waals surface area contributed by atoms with E-state index < -0.39 is 5.91 Å². The van der Waals surface area contributed by atoms with Gasteiger partial charge < -0.3 is 10.5 Å². The van der Waals surface area contributed by atoms with Crippen molar-refractivity contribution in [3.05, 3.63) is 65.1 Å². The molecule has 0 aliphatic heterocycles. The van der Waals surface area contributed by atoms with E-state index in [0.29, 0.717) is 23.0 Å². The zero-order valence-corrected chi connectivity index (χ0v) is 13.7. The van der Waals surface area contributed by atoms with E-state index in [9.17, 15) is 4.79 Å². The first-order valence-corrected chi connectivity index (χ1v) is 7.55. The molecule has 3 aromatic rings. The Morgan fingerprint density at radius 1 is 1.33 bits per heavy atom. The summed E-state index contributed by atoms with van der Waals surface area (Å²) in [6.45, 7) is 0.456. The highest BCUT2D eigenvalue weighted by Crippen LogP contribution is 2.30. The van der Waals surface area contributed by atoms with Crippen LogP contribution >= 0.6 is 11.6 Å². The van der Waals surface area contributed by atoms with Gasteiger partial charge in [0.25, 0.3) is 5.91 Å². The molecule has 0 saturated carbocycles. The lowest BCUT2D eigenvalue weighted by Crippen LogP contribution is -2.09. The number of methoxy groups -OCH3 is 1. The number of pyridine rings is 1. The maximum Gasteiger partial charge on any atom is 0.251 e. The van der Waals surface area contributed by atoms with Crippen molar-refractivity contribution in [2.75, 3.05) is 7.11 Å². The molecule has 0 aliphatic carbocycles. The van der Waals surface area contributed by atoms with Crippen LogP contribution in [0, 0.1) is 0 Å². The van der Waals surface area contributed by atoms with Crippen molar-refractivity contribution in [2.24, 2.45) is 5.73 Å². The Balaban J connectivity index is 1.95. The molecule has 1 amide bonds. The molecule has 6 nitrogen and oxygen atoms in total. The molecule has 0 saturated heterocycles. The summed E-state index contributed by atoms with van der Waals surface area (Å²) in [6, 6.07) is 9.43. The SMILES string of the molecule is COc1ncc(Cn2cc(C(N)=O)cn2)cc1-c1cccc(Cl)c1. The van der Waals surface area contributed by atoms with Crippen LogP contribution in [0.1, 0.15) is 15.9 Å². The lowest BCUT2D eigenvalue weighted by molar-refractivity contribution is 0.1000. The van der Waals surface area contributed by atoms with E-state index in [1.165, 1.54) is 6.20 Å². The minimum Gasteiger partial charge on any atom is -0.481 e. The first-order chi connectivity index (χ1) is 11.6. The molecule has 0 bridgehead atoms. The van der Waals surface area contributed by atoms with Gasteiger partial charge in [0.2, 0.25) is 5.88 Å². The summed E-state index contributed by atoms with van der Waals surface area (Å²) < 4.78 is 6.97. The number of ether oxygens (including phenoxy) is 1. The summed E-state index contributed by atoms with van der Waals surface area (Å²) in [5.74, 6) is 0.00743. The number of nitrogens with two attached hydrogens (primary N) is 1. The maximum atomic E-state index is 11.1. The van der Waals surface area contributed by atoms with E-state index in [2.05, 4.69) is 10.1 Å². The van der Waals surface area contributed by atoms with Crippen LogP contribution in [0.25, 0.3) is 11.1 Å². The number of amides is 1. The molecule has 3 rings (SSSR count). The molecular weight excluding hydrogens is 328 g/mol. The molecule has 24 heavy (non-hydrogen) atoms. The van der Waals surface area contributed by atoms with Crippen molar-refractivity contribution in [1.82, 2.24) is 14.8 Å². The molecular formula is C17H15ClN4O2.